The molecule has 4 nitrogen and oxygen atoms in total. The summed E-state index contributed by atoms with van der Waals surface area (Å²) in [4.78, 5) is 15.7. The van der Waals surface area contributed by atoms with Crippen LogP contribution in [0.4, 0.5) is 5.69 Å². The van der Waals surface area contributed by atoms with Gasteiger partial charge in [-0.05, 0) is 49.7 Å². The standard InChI is InChI=1S/C19H18N2O2S/c1-13-6-7-17-18(10-13)23-14(2)12-21(17)19(22)15-4-3-5-16(11-15)24-9-8-20/h3-7,10-11,14H,9,12H2,1-2H3/t14-/m0/s1. The molecular weight excluding hydrogens is 320 g/mol. The Bertz CT molecular complexity index is 813. The van der Waals surface area contributed by atoms with Crippen LogP contribution >= 0.6 is 11.8 Å². The minimum atomic E-state index is -0.0561. The molecule has 2 aromatic rings. The molecular formula is C19H18N2O2S. The molecule has 5 heteroatoms. The van der Waals surface area contributed by atoms with E-state index in [4.69, 9.17) is 10.00 Å². The van der Waals surface area contributed by atoms with Gasteiger partial charge >= 0.3 is 0 Å². The lowest BCUT2D eigenvalue weighted by atomic mass is 10.1. The van der Waals surface area contributed by atoms with Crippen molar-refractivity contribution in [2.75, 3.05) is 17.2 Å². The topological polar surface area (TPSA) is 53.3 Å². The third kappa shape index (κ3) is 3.39. The number of carbonyl (C=O) groups excluding carboxylic acids is 1. The Morgan fingerprint density at radius 3 is 3.00 bits per heavy atom. The number of benzene rings is 2. The van der Waals surface area contributed by atoms with Gasteiger partial charge in [0.25, 0.3) is 5.91 Å². The molecule has 1 amide bonds. The van der Waals surface area contributed by atoms with Gasteiger partial charge in [0.15, 0.2) is 0 Å². The highest BCUT2D eigenvalue weighted by Crippen LogP contribution is 2.35. The molecule has 1 aliphatic rings. The first-order valence-electron chi connectivity index (χ1n) is 7.77. The summed E-state index contributed by atoms with van der Waals surface area (Å²) in [5.41, 5.74) is 2.53. The Labute approximate surface area is 146 Å². The quantitative estimate of drug-likeness (QED) is 0.793. The van der Waals surface area contributed by atoms with Crippen LogP contribution in [0.5, 0.6) is 5.75 Å². The predicted molar refractivity (Wildman–Crippen MR) is 95.7 cm³/mol. The van der Waals surface area contributed by atoms with Crippen molar-refractivity contribution in [1.29, 1.82) is 5.26 Å². The minimum absolute atomic E-state index is 0.0466. The summed E-state index contributed by atoms with van der Waals surface area (Å²) in [5, 5.41) is 8.71. The number of hydrogen-bond donors (Lipinski definition) is 0. The molecule has 0 fully saturated rings. The van der Waals surface area contributed by atoms with Crippen molar-refractivity contribution < 1.29 is 9.53 Å². The summed E-state index contributed by atoms with van der Waals surface area (Å²) in [6.45, 7) is 4.49. The van der Waals surface area contributed by atoms with Gasteiger partial charge in [-0.25, -0.2) is 0 Å². The number of anilines is 1. The van der Waals surface area contributed by atoms with E-state index in [1.165, 1.54) is 11.8 Å². The molecule has 2 aromatic carbocycles. The van der Waals surface area contributed by atoms with Crippen LogP contribution in [0.15, 0.2) is 47.4 Å². The van der Waals surface area contributed by atoms with Crippen molar-refractivity contribution in [3.63, 3.8) is 0 Å². The maximum Gasteiger partial charge on any atom is 0.258 e. The Morgan fingerprint density at radius 2 is 2.21 bits per heavy atom. The Hall–Kier alpha value is -2.45. The fraction of sp³-hybridized carbons (Fsp3) is 0.263. The maximum atomic E-state index is 13.0. The monoisotopic (exact) mass is 338 g/mol. The Morgan fingerprint density at radius 1 is 1.38 bits per heavy atom. The largest absolute Gasteiger partial charge is 0.487 e. The average molecular weight is 338 g/mol. The van der Waals surface area contributed by atoms with E-state index in [1.807, 2.05) is 56.3 Å². The highest BCUT2D eigenvalue weighted by atomic mass is 32.2. The van der Waals surface area contributed by atoms with E-state index in [9.17, 15) is 4.79 Å². The van der Waals surface area contributed by atoms with E-state index < -0.39 is 0 Å². The average Bonchev–Trinajstić information content (AvgIpc) is 2.58. The maximum absolute atomic E-state index is 13.0. The van der Waals surface area contributed by atoms with Crippen molar-refractivity contribution in [2.24, 2.45) is 0 Å². The van der Waals surface area contributed by atoms with Crippen LogP contribution in [0.3, 0.4) is 0 Å². The number of nitriles is 1. The van der Waals surface area contributed by atoms with Crippen molar-refractivity contribution in [2.45, 2.75) is 24.8 Å². The number of thioether (sulfide) groups is 1. The molecule has 0 spiro atoms. The molecule has 3 rings (SSSR count). The van der Waals surface area contributed by atoms with Gasteiger partial charge in [0, 0.05) is 10.5 Å². The smallest absolute Gasteiger partial charge is 0.258 e. The SMILES string of the molecule is Cc1ccc2c(c1)O[C@@H](C)CN2C(=O)c1cccc(SCC#N)c1. The first-order valence-corrected chi connectivity index (χ1v) is 8.76. The van der Waals surface area contributed by atoms with Gasteiger partial charge in [-0.1, -0.05) is 12.1 Å². The van der Waals surface area contributed by atoms with Gasteiger partial charge in [-0.2, -0.15) is 5.26 Å². The zero-order valence-electron chi connectivity index (χ0n) is 13.7. The lowest BCUT2D eigenvalue weighted by molar-refractivity contribution is 0.0961. The molecule has 0 aromatic heterocycles. The zero-order valence-corrected chi connectivity index (χ0v) is 14.5. The number of carbonyl (C=O) groups is 1. The van der Waals surface area contributed by atoms with Crippen LogP contribution in [-0.2, 0) is 0 Å². The number of nitrogens with zero attached hydrogens (tertiary/aromatic N) is 2. The number of hydrogen-bond acceptors (Lipinski definition) is 4. The van der Waals surface area contributed by atoms with Crippen molar-refractivity contribution in [1.82, 2.24) is 0 Å². The second-order valence-electron chi connectivity index (χ2n) is 5.79. The van der Waals surface area contributed by atoms with Crippen molar-refractivity contribution in [3.05, 3.63) is 53.6 Å². The summed E-state index contributed by atoms with van der Waals surface area (Å²) in [6, 6.07) is 15.4. The van der Waals surface area contributed by atoms with Gasteiger partial charge < -0.3 is 9.64 Å². The molecule has 24 heavy (non-hydrogen) atoms. The fourth-order valence-electron chi connectivity index (χ4n) is 2.73. The number of aryl methyl sites for hydroxylation is 1. The summed E-state index contributed by atoms with van der Waals surface area (Å²) in [7, 11) is 0. The van der Waals surface area contributed by atoms with Crippen LogP contribution in [0.1, 0.15) is 22.8 Å². The zero-order chi connectivity index (χ0) is 17.1. The molecule has 0 bridgehead atoms. The van der Waals surface area contributed by atoms with E-state index in [-0.39, 0.29) is 12.0 Å². The number of rotatable bonds is 3. The third-order valence-corrected chi connectivity index (χ3v) is 4.66. The van der Waals surface area contributed by atoms with Crippen LogP contribution in [0.2, 0.25) is 0 Å². The van der Waals surface area contributed by atoms with E-state index in [0.29, 0.717) is 17.9 Å². The van der Waals surface area contributed by atoms with Gasteiger partial charge in [-0.3, -0.25) is 4.79 Å². The summed E-state index contributed by atoms with van der Waals surface area (Å²) >= 11 is 1.43. The molecule has 1 atom stereocenters. The van der Waals surface area contributed by atoms with Gasteiger partial charge in [0.1, 0.15) is 11.9 Å². The summed E-state index contributed by atoms with van der Waals surface area (Å²) in [6.07, 6.45) is -0.0561. The highest BCUT2D eigenvalue weighted by Gasteiger charge is 2.28. The third-order valence-electron chi connectivity index (χ3n) is 3.80. The van der Waals surface area contributed by atoms with Gasteiger partial charge in [0.2, 0.25) is 0 Å². The van der Waals surface area contributed by atoms with Gasteiger partial charge in [0.05, 0.1) is 24.1 Å². The molecule has 0 radical (unpaired) electrons. The number of amides is 1. The Kier molecular flexibility index (Phi) is 4.77. The molecule has 0 saturated heterocycles. The fourth-order valence-corrected chi connectivity index (χ4v) is 3.35. The lowest BCUT2D eigenvalue weighted by Gasteiger charge is -2.33. The molecule has 1 heterocycles. The van der Waals surface area contributed by atoms with E-state index in [0.717, 1.165) is 21.9 Å². The van der Waals surface area contributed by atoms with Crippen LogP contribution in [-0.4, -0.2) is 24.3 Å². The first kappa shape index (κ1) is 16.4. The Balaban J connectivity index is 1.92. The molecule has 1 aliphatic heterocycles. The molecule has 0 unspecified atom stereocenters. The van der Waals surface area contributed by atoms with E-state index in [2.05, 4.69) is 6.07 Å². The van der Waals surface area contributed by atoms with Gasteiger partial charge in [-0.15, -0.1) is 11.8 Å². The van der Waals surface area contributed by atoms with Crippen molar-refractivity contribution in [3.8, 4) is 11.8 Å². The van der Waals surface area contributed by atoms with E-state index >= 15 is 0 Å². The molecule has 0 saturated carbocycles. The highest BCUT2D eigenvalue weighted by molar-refractivity contribution is 7.99. The molecule has 0 aliphatic carbocycles. The van der Waals surface area contributed by atoms with E-state index in [1.54, 1.807) is 4.90 Å². The predicted octanol–water partition coefficient (Wildman–Crippen LogP) is 4.04. The minimum Gasteiger partial charge on any atom is -0.487 e. The lowest BCUT2D eigenvalue weighted by Crippen LogP contribution is -2.42. The molecule has 122 valence electrons. The van der Waals surface area contributed by atoms with Crippen LogP contribution in [0.25, 0.3) is 0 Å². The van der Waals surface area contributed by atoms with Crippen LogP contribution < -0.4 is 9.64 Å². The normalized spacial score (nSPS) is 16.0. The molecule has 0 N–H and O–H groups in total. The number of fused-ring (bicyclic) bond motifs is 1. The summed E-state index contributed by atoms with van der Waals surface area (Å²) < 4.78 is 5.87. The first-order chi connectivity index (χ1) is 11.6. The van der Waals surface area contributed by atoms with Crippen LogP contribution in [0, 0.1) is 18.3 Å². The second-order valence-corrected chi connectivity index (χ2v) is 6.84. The second kappa shape index (κ2) is 6.98. The summed E-state index contributed by atoms with van der Waals surface area (Å²) in [5.74, 6) is 1.07. The number of ether oxygens (including phenoxy) is 1. The van der Waals surface area contributed by atoms with Crippen molar-refractivity contribution >= 4 is 23.4 Å².